The number of halogens is 1. The number of rotatable bonds is 5. The van der Waals surface area contributed by atoms with E-state index in [1.54, 1.807) is 0 Å². The van der Waals surface area contributed by atoms with Gasteiger partial charge in [0.2, 0.25) is 5.91 Å². The summed E-state index contributed by atoms with van der Waals surface area (Å²) in [6.45, 7) is 3.04. The van der Waals surface area contributed by atoms with Crippen LogP contribution in [0.3, 0.4) is 0 Å². The van der Waals surface area contributed by atoms with E-state index in [0.717, 1.165) is 6.54 Å². The van der Waals surface area contributed by atoms with Gasteiger partial charge >= 0.3 is 0 Å². The Morgan fingerprint density at radius 3 is 2.47 bits per heavy atom. The lowest BCUT2D eigenvalue weighted by atomic mass is 9.84. The number of carbonyl (C=O) groups is 1. The number of carbonyl (C=O) groups excluding carboxylic acids is 1. The third-order valence-electron chi connectivity index (χ3n) is 3.92. The van der Waals surface area contributed by atoms with Gasteiger partial charge in [0.25, 0.3) is 0 Å². The van der Waals surface area contributed by atoms with Gasteiger partial charge in [0.15, 0.2) is 0 Å². The first kappa shape index (κ1) is 16.0. The smallest absolute Gasteiger partial charge is 0.236 e. The SMILES string of the molecule is CC(c1ccccc1)N(CC1CCC1)C(=O)CN.Cl. The molecule has 0 aromatic heterocycles. The van der Waals surface area contributed by atoms with Crippen molar-refractivity contribution in [3.63, 3.8) is 0 Å². The van der Waals surface area contributed by atoms with Crippen LogP contribution in [0.2, 0.25) is 0 Å². The van der Waals surface area contributed by atoms with Crippen molar-refractivity contribution in [2.75, 3.05) is 13.1 Å². The molecule has 3 nitrogen and oxygen atoms in total. The highest BCUT2D eigenvalue weighted by Gasteiger charge is 2.26. The van der Waals surface area contributed by atoms with Gasteiger partial charge in [-0.25, -0.2) is 0 Å². The van der Waals surface area contributed by atoms with E-state index in [9.17, 15) is 4.79 Å². The van der Waals surface area contributed by atoms with Crippen molar-refractivity contribution in [3.05, 3.63) is 35.9 Å². The largest absolute Gasteiger partial charge is 0.335 e. The number of nitrogens with two attached hydrogens (primary N) is 1. The van der Waals surface area contributed by atoms with Crippen molar-refractivity contribution < 1.29 is 4.79 Å². The summed E-state index contributed by atoms with van der Waals surface area (Å²) in [5.41, 5.74) is 6.71. The first-order valence-corrected chi connectivity index (χ1v) is 6.77. The lowest BCUT2D eigenvalue weighted by Gasteiger charge is -2.36. The van der Waals surface area contributed by atoms with Gasteiger partial charge in [0.05, 0.1) is 12.6 Å². The zero-order valence-corrected chi connectivity index (χ0v) is 12.2. The Balaban J connectivity index is 0.00000180. The van der Waals surface area contributed by atoms with Crippen molar-refractivity contribution >= 4 is 18.3 Å². The monoisotopic (exact) mass is 282 g/mol. The Morgan fingerprint density at radius 2 is 2.00 bits per heavy atom. The second-order valence-corrected chi connectivity index (χ2v) is 5.13. The van der Waals surface area contributed by atoms with Crippen molar-refractivity contribution in [1.29, 1.82) is 0 Å². The maximum atomic E-state index is 12.0. The highest BCUT2D eigenvalue weighted by Crippen LogP contribution is 2.30. The van der Waals surface area contributed by atoms with Gasteiger partial charge in [-0.15, -0.1) is 12.4 Å². The molecule has 0 saturated heterocycles. The van der Waals surface area contributed by atoms with Gasteiger partial charge in [-0.1, -0.05) is 36.8 Å². The Hall–Kier alpha value is -1.06. The average Bonchev–Trinajstić information content (AvgIpc) is 2.37. The fourth-order valence-electron chi connectivity index (χ4n) is 2.46. The maximum Gasteiger partial charge on any atom is 0.236 e. The van der Waals surface area contributed by atoms with Crippen molar-refractivity contribution in [2.24, 2.45) is 11.7 Å². The molecule has 0 spiro atoms. The number of nitrogens with zero attached hydrogens (tertiary/aromatic N) is 1. The standard InChI is InChI=1S/C15H22N2O.ClH/c1-12(14-8-3-2-4-9-14)17(15(18)10-16)11-13-6-5-7-13;/h2-4,8-9,12-13H,5-7,10-11,16H2,1H3;1H. The molecule has 1 aromatic carbocycles. The fourth-order valence-corrected chi connectivity index (χ4v) is 2.46. The molecule has 106 valence electrons. The van der Waals surface area contributed by atoms with E-state index in [-0.39, 0.29) is 30.9 Å². The Kier molecular flexibility index (Phi) is 6.32. The Labute approximate surface area is 121 Å². The van der Waals surface area contributed by atoms with Crippen molar-refractivity contribution in [2.45, 2.75) is 32.2 Å². The molecule has 19 heavy (non-hydrogen) atoms. The molecular weight excluding hydrogens is 260 g/mol. The first-order valence-electron chi connectivity index (χ1n) is 6.77. The Morgan fingerprint density at radius 1 is 1.37 bits per heavy atom. The topological polar surface area (TPSA) is 46.3 Å². The van der Waals surface area contributed by atoms with Crippen LogP contribution < -0.4 is 5.73 Å². The minimum Gasteiger partial charge on any atom is -0.335 e. The van der Waals surface area contributed by atoms with E-state index in [2.05, 4.69) is 19.1 Å². The van der Waals surface area contributed by atoms with Crippen molar-refractivity contribution in [1.82, 2.24) is 4.90 Å². The van der Waals surface area contributed by atoms with E-state index in [4.69, 9.17) is 5.73 Å². The van der Waals surface area contributed by atoms with E-state index >= 15 is 0 Å². The number of hydrogen-bond donors (Lipinski definition) is 1. The number of amides is 1. The van der Waals surface area contributed by atoms with E-state index < -0.39 is 0 Å². The minimum absolute atomic E-state index is 0. The molecule has 0 radical (unpaired) electrons. The molecule has 0 bridgehead atoms. The molecule has 1 fully saturated rings. The summed E-state index contributed by atoms with van der Waals surface area (Å²) in [4.78, 5) is 13.9. The quantitative estimate of drug-likeness (QED) is 0.903. The molecule has 1 atom stereocenters. The third-order valence-corrected chi connectivity index (χ3v) is 3.92. The second kappa shape index (κ2) is 7.51. The molecule has 1 saturated carbocycles. The van der Waals surface area contributed by atoms with Crippen LogP contribution in [0, 0.1) is 5.92 Å². The van der Waals surface area contributed by atoms with E-state index in [1.165, 1.54) is 24.8 Å². The van der Waals surface area contributed by atoms with Gasteiger partial charge in [0.1, 0.15) is 0 Å². The first-order chi connectivity index (χ1) is 8.72. The summed E-state index contributed by atoms with van der Waals surface area (Å²) >= 11 is 0. The Bertz CT molecular complexity index is 392. The molecule has 0 heterocycles. The van der Waals surface area contributed by atoms with Gasteiger partial charge in [-0.2, -0.15) is 0 Å². The lowest BCUT2D eigenvalue weighted by molar-refractivity contribution is -0.133. The number of benzene rings is 1. The molecule has 1 amide bonds. The van der Waals surface area contributed by atoms with Crippen LogP contribution in [-0.2, 0) is 4.79 Å². The summed E-state index contributed by atoms with van der Waals surface area (Å²) in [5.74, 6) is 0.727. The van der Waals surface area contributed by atoms with Crippen LogP contribution in [0.15, 0.2) is 30.3 Å². The van der Waals surface area contributed by atoms with Gasteiger partial charge in [-0.3, -0.25) is 4.79 Å². The summed E-state index contributed by atoms with van der Waals surface area (Å²) in [6.07, 6.45) is 3.79. The molecule has 4 heteroatoms. The van der Waals surface area contributed by atoms with E-state index in [0.29, 0.717) is 5.92 Å². The summed E-state index contributed by atoms with van der Waals surface area (Å²) in [5, 5.41) is 0. The summed E-state index contributed by atoms with van der Waals surface area (Å²) in [7, 11) is 0. The second-order valence-electron chi connectivity index (χ2n) is 5.13. The predicted molar refractivity (Wildman–Crippen MR) is 80.2 cm³/mol. The molecule has 0 aliphatic heterocycles. The summed E-state index contributed by atoms with van der Waals surface area (Å²) in [6, 6.07) is 10.3. The van der Waals surface area contributed by atoms with E-state index in [1.807, 2.05) is 23.1 Å². The zero-order valence-electron chi connectivity index (χ0n) is 11.4. The van der Waals surface area contributed by atoms with Crippen LogP contribution in [0.5, 0.6) is 0 Å². The molecule has 2 rings (SSSR count). The van der Waals surface area contributed by atoms with Crippen molar-refractivity contribution in [3.8, 4) is 0 Å². The van der Waals surface area contributed by atoms with Gasteiger partial charge in [-0.05, 0) is 31.2 Å². The van der Waals surface area contributed by atoms with Gasteiger partial charge in [0, 0.05) is 6.54 Å². The number of hydrogen-bond acceptors (Lipinski definition) is 2. The molecular formula is C15H23ClN2O. The van der Waals surface area contributed by atoms with Crippen LogP contribution in [0.1, 0.15) is 37.8 Å². The average molecular weight is 283 g/mol. The zero-order chi connectivity index (χ0) is 13.0. The van der Waals surface area contributed by atoms with Crippen LogP contribution in [0.25, 0.3) is 0 Å². The molecule has 1 unspecified atom stereocenters. The minimum atomic E-state index is 0. The normalized spacial score (nSPS) is 16.1. The van der Waals surface area contributed by atoms with Crippen LogP contribution in [-0.4, -0.2) is 23.9 Å². The van der Waals surface area contributed by atoms with Crippen LogP contribution >= 0.6 is 12.4 Å². The predicted octanol–water partition coefficient (Wildman–Crippen LogP) is 2.76. The summed E-state index contributed by atoms with van der Waals surface area (Å²) < 4.78 is 0. The lowest BCUT2D eigenvalue weighted by Crippen LogP contribution is -2.42. The molecule has 1 aromatic rings. The fraction of sp³-hybridized carbons (Fsp3) is 0.533. The highest BCUT2D eigenvalue weighted by molar-refractivity contribution is 5.85. The molecule has 1 aliphatic carbocycles. The third kappa shape index (κ3) is 3.95. The van der Waals surface area contributed by atoms with Gasteiger partial charge < -0.3 is 10.6 Å². The maximum absolute atomic E-state index is 12.0. The molecule has 1 aliphatic rings. The van der Waals surface area contributed by atoms with Crippen LogP contribution in [0.4, 0.5) is 0 Å². The molecule has 2 N–H and O–H groups in total. The highest BCUT2D eigenvalue weighted by atomic mass is 35.5.